The second-order valence-corrected chi connectivity index (χ2v) is 6.90. The average Bonchev–Trinajstić information content (AvgIpc) is 2.46. The van der Waals surface area contributed by atoms with Crippen LogP contribution < -0.4 is 4.72 Å². The fourth-order valence-corrected chi connectivity index (χ4v) is 3.03. The summed E-state index contributed by atoms with van der Waals surface area (Å²) in [5.74, 6) is 0.286. The van der Waals surface area contributed by atoms with E-state index in [1.807, 2.05) is 56.3 Å². The zero-order valence-corrected chi connectivity index (χ0v) is 12.5. The number of nitrogens with one attached hydrogen (secondary N) is 1. The van der Waals surface area contributed by atoms with E-state index in [1.165, 1.54) is 0 Å². The third-order valence-corrected chi connectivity index (χ3v) is 4.39. The van der Waals surface area contributed by atoms with Gasteiger partial charge in [0.15, 0.2) is 0 Å². The van der Waals surface area contributed by atoms with Crippen molar-refractivity contribution in [1.82, 2.24) is 4.72 Å². The molecular formula is C16H19NO2S. The molecule has 4 heteroatoms. The lowest BCUT2D eigenvalue weighted by atomic mass is 10.1. The van der Waals surface area contributed by atoms with E-state index in [4.69, 9.17) is 0 Å². The van der Waals surface area contributed by atoms with Crippen LogP contribution in [0.1, 0.15) is 13.8 Å². The van der Waals surface area contributed by atoms with Gasteiger partial charge in [-0.15, -0.1) is 0 Å². The largest absolute Gasteiger partial charge is 0.240 e. The van der Waals surface area contributed by atoms with Crippen molar-refractivity contribution in [3.8, 4) is 11.1 Å². The maximum atomic E-state index is 12.1. The molecule has 2 rings (SSSR count). The Morgan fingerprint density at radius 1 is 0.900 bits per heavy atom. The second kappa shape index (κ2) is 6.20. The first-order valence-corrected chi connectivity index (χ1v) is 8.12. The van der Waals surface area contributed by atoms with Crippen LogP contribution >= 0.6 is 0 Å². The number of hydrogen-bond acceptors (Lipinski definition) is 2. The number of rotatable bonds is 5. The smallest absolute Gasteiger partial charge is 0.211 e. The highest BCUT2D eigenvalue weighted by Crippen LogP contribution is 2.20. The standard InChI is InChI=1S/C16H19NO2S/c1-13(2)12-17-20(18,19)16-10-8-15(9-11-16)14-6-4-3-5-7-14/h3-11,13,17H,12H2,1-2H3. The first-order chi connectivity index (χ1) is 9.49. The SMILES string of the molecule is CC(C)CNS(=O)(=O)c1ccc(-c2ccccc2)cc1. The molecular weight excluding hydrogens is 270 g/mol. The van der Waals surface area contributed by atoms with Crippen LogP contribution in [0, 0.1) is 5.92 Å². The van der Waals surface area contributed by atoms with Crippen LogP contribution in [-0.4, -0.2) is 15.0 Å². The molecule has 3 nitrogen and oxygen atoms in total. The Morgan fingerprint density at radius 2 is 1.45 bits per heavy atom. The minimum Gasteiger partial charge on any atom is -0.211 e. The lowest BCUT2D eigenvalue weighted by molar-refractivity contribution is 0.560. The highest BCUT2D eigenvalue weighted by atomic mass is 32.2. The summed E-state index contributed by atoms with van der Waals surface area (Å²) in [6.07, 6.45) is 0. The summed E-state index contributed by atoms with van der Waals surface area (Å²) in [5.41, 5.74) is 2.08. The van der Waals surface area contributed by atoms with Crippen LogP contribution in [0.15, 0.2) is 59.5 Å². The van der Waals surface area contributed by atoms with Gasteiger partial charge in [0.1, 0.15) is 0 Å². The maximum absolute atomic E-state index is 12.1. The molecule has 1 N–H and O–H groups in total. The van der Waals surface area contributed by atoms with Crippen molar-refractivity contribution in [1.29, 1.82) is 0 Å². The van der Waals surface area contributed by atoms with Crippen LogP contribution in [0.4, 0.5) is 0 Å². The molecule has 0 aliphatic carbocycles. The summed E-state index contributed by atoms with van der Waals surface area (Å²) in [7, 11) is -3.40. The van der Waals surface area contributed by atoms with E-state index in [0.717, 1.165) is 11.1 Å². The Hall–Kier alpha value is -1.65. The molecule has 0 unspecified atom stereocenters. The molecule has 0 atom stereocenters. The van der Waals surface area contributed by atoms with E-state index in [1.54, 1.807) is 12.1 Å². The van der Waals surface area contributed by atoms with Gasteiger partial charge in [0.2, 0.25) is 10.0 Å². The number of hydrogen-bond donors (Lipinski definition) is 1. The predicted molar refractivity (Wildman–Crippen MR) is 81.9 cm³/mol. The summed E-state index contributed by atoms with van der Waals surface area (Å²) >= 11 is 0. The Morgan fingerprint density at radius 3 is 2.00 bits per heavy atom. The molecule has 0 fully saturated rings. The van der Waals surface area contributed by atoms with E-state index in [0.29, 0.717) is 11.4 Å². The van der Waals surface area contributed by atoms with E-state index in [2.05, 4.69) is 4.72 Å². The Balaban J connectivity index is 2.20. The van der Waals surface area contributed by atoms with Crippen molar-refractivity contribution in [3.63, 3.8) is 0 Å². The molecule has 0 saturated heterocycles. The molecule has 0 saturated carbocycles. The zero-order chi connectivity index (χ0) is 14.6. The molecule has 0 aliphatic rings. The van der Waals surface area contributed by atoms with Crippen LogP contribution in [0.25, 0.3) is 11.1 Å². The minimum absolute atomic E-state index is 0.286. The van der Waals surface area contributed by atoms with Crippen molar-refractivity contribution in [2.24, 2.45) is 5.92 Å². The van der Waals surface area contributed by atoms with Gasteiger partial charge < -0.3 is 0 Å². The van der Waals surface area contributed by atoms with Crippen LogP contribution in [0.2, 0.25) is 0 Å². The summed E-state index contributed by atoms with van der Waals surface area (Å²) in [6.45, 7) is 4.39. The quantitative estimate of drug-likeness (QED) is 0.918. The van der Waals surface area contributed by atoms with Gasteiger partial charge in [0.25, 0.3) is 0 Å². The third-order valence-electron chi connectivity index (χ3n) is 2.95. The molecule has 2 aromatic rings. The van der Waals surface area contributed by atoms with Gasteiger partial charge in [-0.3, -0.25) is 0 Å². The van der Waals surface area contributed by atoms with E-state index in [-0.39, 0.29) is 5.92 Å². The van der Waals surface area contributed by atoms with Gasteiger partial charge in [-0.25, -0.2) is 13.1 Å². The second-order valence-electron chi connectivity index (χ2n) is 5.14. The molecule has 2 aromatic carbocycles. The molecule has 0 amide bonds. The lowest BCUT2D eigenvalue weighted by Crippen LogP contribution is -2.27. The molecule has 106 valence electrons. The van der Waals surface area contributed by atoms with Gasteiger partial charge in [-0.2, -0.15) is 0 Å². The third kappa shape index (κ3) is 3.68. The van der Waals surface area contributed by atoms with Crippen LogP contribution in [0.3, 0.4) is 0 Å². The van der Waals surface area contributed by atoms with Crippen molar-refractivity contribution < 1.29 is 8.42 Å². The van der Waals surface area contributed by atoms with Gasteiger partial charge in [0, 0.05) is 6.54 Å². The summed E-state index contributed by atoms with van der Waals surface area (Å²) < 4.78 is 26.8. The molecule has 0 aromatic heterocycles. The highest BCUT2D eigenvalue weighted by molar-refractivity contribution is 7.89. The Labute approximate surface area is 120 Å². The maximum Gasteiger partial charge on any atom is 0.240 e. The Bertz CT molecular complexity index is 647. The van der Waals surface area contributed by atoms with Crippen LogP contribution in [0.5, 0.6) is 0 Å². The Kier molecular flexibility index (Phi) is 4.57. The van der Waals surface area contributed by atoms with E-state index < -0.39 is 10.0 Å². The van der Waals surface area contributed by atoms with Crippen LogP contribution in [-0.2, 0) is 10.0 Å². The molecule has 0 spiro atoms. The van der Waals surface area contributed by atoms with Gasteiger partial charge >= 0.3 is 0 Å². The van der Waals surface area contributed by atoms with E-state index in [9.17, 15) is 8.42 Å². The highest BCUT2D eigenvalue weighted by Gasteiger charge is 2.13. The first kappa shape index (κ1) is 14.8. The molecule has 20 heavy (non-hydrogen) atoms. The fraction of sp³-hybridized carbons (Fsp3) is 0.250. The summed E-state index contributed by atoms with van der Waals surface area (Å²) in [6, 6.07) is 16.8. The van der Waals surface area contributed by atoms with Crippen molar-refractivity contribution in [3.05, 3.63) is 54.6 Å². The predicted octanol–water partition coefficient (Wildman–Crippen LogP) is 3.29. The monoisotopic (exact) mass is 289 g/mol. The van der Waals surface area contributed by atoms with Crippen molar-refractivity contribution in [2.45, 2.75) is 18.7 Å². The normalized spacial score (nSPS) is 11.8. The summed E-state index contributed by atoms with van der Waals surface area (Å²) in [5, 5.41) is 0. The van der Waals surface area contributed by atoms with Crippen molar-refractivity contribution in [2.75, 3.05) is 6.54 Å². The topological polar surface area (TPSA) is 46.2 Å². The van der Waals surface area contributed by atoms with E-state index >= 15 is 0 Å². The summed E-state index contributed by atoms with van der Waals surface area (Å²) in [4.78, 5) is 0.304. The zero-order valence-electron chi connectivity index (χ0n) is 11.7. The molecule has 0 heterocycles. The number of benzene rings is 2. The van der Waals surface area contributed by atoms with Gasteiger partial charge in [-0.05, 0) is 29.2 Å². The van der Waals surface area contributed by atoms with Gasteiger partial charge in [0.05, 0.1) is 4.90 Å². The van der Waals surface area contributed by atoms with Gasteiger partial charge in [-0.1, -0.05) is 56.3 Å². The minimum atomic E-state index is -3.40. The molecule has 0 aliphatic heterocycles. The average molecular weight is 289 g/mol. The first-order valence-electron chi connectivity index (χ1n) is 6.64. The fourth-order valence-electron chi connectivity index (χ4n) is 1.82. The lowest BCUT2D eigenvalue weighted by Gasteiger charge is -2.09. The number of sulfonamides is 1. The van der Waals surface area contributed by atoms with Crippen molar-refractivity contribution >= 4 is 10.0 Å². The molecule has 0 radical (unpaired) electrons. The molecule has 0 bridgehead atoms.